The van der Waals surface area contributed by atoms with Gasteiger partial charge < -0.3 is 10.6 Å². The minimum Gasteiger partial charge on any atom is -0.340 e. The van der Waals surface area contributed by atoms with Crippen LogP contribution in [0.2, 0.25) is 5.02 Å². The highest BCUT2D eigenvalue weighted by molar-refractivity contribution is 6.35. The van der Waals surface area contributed by atoms with Crippen LogP contribution < -0.4 is 10.6 Å². The average molecular weight is 253 g/mol. The molecule has 1 atom stereocenters. The van der Waals surface area contributed by atoms with Gasteiger partial charge in [0.05, 0.1) is 16.3 Å². The summed E-state index contributed by atoms with van der Waals surface area (Å²) in [5.74, 6) is -0.501. The molecule has 1 heterocycles. The van der Waals surface area contributed by atoms with Crippen molar-refractivity contribution in [1.29, 1.82) is 0 Å². The van der Waals surface area contributed by atoms with Crippen LogP contribution in [-0.2, 0) is 4.79 Å². The zero-order valence-corrected chi connectivity index (χ0v) is 10.4. The lowest BCUT2D eigenvalue weighted by Gasteiger charge is -2.11. The first-order valence-corrected chi connectivity index (χ1v) is 5.83. The van der Waals surface area contributed by atoms with E-state index in [1.807, 2.05) is 13.8 Å². The Morgan fingerprint density at radius 1 is 1.35 bits per heavy atom. The maximum absolute atomic E-state index is 11.9. The van der Waals surface area contributed by atoms with E-state index in [-0.39, 0.29) is 11.8 Å². The number of aryl methyl sites for hydroxylation is 1. The third-order valence-electron chi connectivity index (χ3n) is 2.86. The van der Waals surface area contributed by atoms with E-state index in [0.717, 1.165) is 5.56 Å². The molecule has 2 amide bonds. The molecule has 1 aromatic rings. The molecule has 1 aliphatic heterocycles. The van der Waals surface area contributed by atoms with Crippen LogP contribution in [0.5, 0.6) is 0 Å². The summed E-state index contributed by atoms with van der Waals surface area (Å²) in [5.41, 5.74) is 1.64. The molecule has 0 aliphatic carbocycles. The lowest BCUT2D eigenvalue weighted by molar-refractivity contribution is -0.117. The summed E-state index contributed by atoms with van der Waals surface area (Å²) in [6.45, 7) is 3.67. The van der Waals surface area contributed by atoms with Crippen molar-refractivity contribution in [2.75, 3.05) is 5.32 Å². The highest BCUT2D eigenvalue weighted by Gasteiger charge is 2.28. The van der Waals surface area contributed by atoms with Gasteiger partial charge in [0, 0.05) is 0 Å². The molecular weight excluding hydrogens is 240 g/mol. The predicted octanol–water partition coefficient (Wildman–Crippen LogP) is 2.11. The highest BCUT2D eigenvalue weighted by Crippen LogP contribution is 2.31. The maximum Gasteiger partial charge on any atom is 0.254 e. The number of anilines is 1. The third kappa shape index (κ3) is 2.00. The van der Waals surface area contributed by atoms with Crippen molar-refractivity contribution < 1.29 is 9.59 Å². The minimum atomic E-state index is -0.508. The number of fused-ring (bicyclic) bond motifs is 1. The van der Waals surface area contributed by atoms with Gasteiger partial charge in [-0.25, -0.2) is 0 Å². The molecule has 1 unspecified atom stereocenters. The minimum absolute atomic E-state index is 0.230. The Morgan fingerprint density at radius 2 is 2.06 bits per heavy atom. The van der Waals surface area contributed by atoms with Crippen molar-refractivity contribution in [3.8, 4) is 0 Å². The summed E-state index contributed by atoms with van der Waals surface area (Å²) >= 11 is 6.11. The Labute approximate surface area is 104 Å². The Balaban J connectivity index is 2.54. The van der Waals surface area contributed by atoms with Gasteiger partial charge in [0.2, 0.25) is 5.91 Å². The average Bonchev–Trinajstić information content (AvgIpc) is 2.42. The zero-order chi connectivity index (χ0) is 12.6. The van der Waals surface area contributed by atoms with E-state index >= 15 is 0 Å². The Hall–Kier alpha value is -1.55. The number of carbonyl (C=O) groups excluding carboxylic acids is 2. The molecule has 4 nitrogen and oxygen atoms in total. The number of carbonyl (C=O) groups is 2. The van der Waals surface area contributed by atoms with Crippen LogP contribution in [0.15, 0.2) is 12.1 Å². The topological polar surface area (TPSA) is 58.2 Å². The van der Waals surface area contributed by atoms with Crippen LogP contribution in [0.25, 0.3) is 0 Å². The van der Waals surface area contributed by atoms with Crippen LogP contribution in [0, 0.1) is 6.92 Å². The lowest BCUT2D eigenvalue weighted by Crippen LogP contribution is -2.40. The number of rotatable bonds is 1. The maximum atomic E-state index is 11.9. The molecule has 90 valence electrons. The normalized spacial score (nSPS) is 19.1. The molecule has 0 fully saturated rings. The summed E-state index contributed by atoms with van der Waals surface area (Å²) in [4.78, 5) is 23.8. The number of halogens is 1. The first kappa shape index (κ1) is 11.9. The van der Waals surface area contributed by atoms with Crippen molar-refractivity contribution in [2.24, 2.45) is 0 Å². The third-order valence-corrected chi connectivity index (χ3v) is 3.35. The fourth-order valence-electron chi connectivity index (χ4n) is 1.79. The summed E-state index contributed by atoms with van der Waals surface area (Å²) in [5, 5.41) is 5.80. The van der Waals surface area contributed by atoms with Gasteiger partial charge in [-0.2, -0.15) is 0 Å². The second kappa shape index (κ2) is 4.37. The van der Waals surface area contributed by atoms with E-state index in [1.54, 1.807) is 12.1 Å². The largest absolute Gasteiger partial charge is 0.340 e. The van der Waals surface area contributed by atoms with E-state index in [4.69, 9.17) is 11.6 Å². The SMILES string of the molecule is CCC1NC(=O)c2ccc(C)c(Cl)c2NC1=O. The Kier molecular flexibility index (Phi) is 3.07. The van der Waals surface area contributed by atoms with Crippen LogP contribution in [0.4, 0.5) is 5.69 Å². The van der Waals surface area contributed by atoms with E-state index in [0.29, 0.717) is 22.7 Å². The zero-order valence-electron chi connectivity index (χ0n) is 9.63. The lowest BCUT2D eigenvalue weighted by atomic mass is 10.1. The van der Waals surface area contributed by atoms with Gasteiger partial charge in [-0.05, 0) is 25.0 Å². The standard InChI is InChI=1S/C12H13ClN2O2/c1-3-8-12(17)15-10-7(11(16)14-8)5-4-6(2)9(10)13/h4-5,8H,3H2,1-2H3,(H,14,16)(H,15,17). The first-order chi connectivity index (χ1) is 8.04. The van der Waals surface area contributed by atoms with Gasteiger partial charge in [-0.1, -0.05) is 24.6 Å². The summed E-state index contributed by atoms with van der Waals surface area (Å²) in [7, 11) is 0. The molecule has 0 aromatic heterocycles. The molecule has 2 rings (SSSR count). The summed E-state index contributed by atoms with van der Waals surface area (Å²) in [6.07, 6.45) is 0.544. The molecule has 0 bridgehead atoms. The molecule has 2 N–H and O–H groups in total. The Bertz CT molecular complexity index is 500. The van der Waals surface area contributed by atoms with Gasteiger partial charge in [-0.3, -0.25) is 9.59 Å². The number of amides is 2. The second-order valence-corrected chi connectivity index (χ2v) is 4.42. The number of benzene rings is 1. The molecule has 0 saturated heterocycles. The van der Waals surface area contributed by atoms with E-state index in [1.165, 1.54) is 0 Å². The van der Waals surface area contributed by atoms with E-state index in [9.17, 15) is 9.59 Å². The molecular formula is C12H13ClN2O2. The van der Waals surface area contributed by atoms with Crippen molar-refractivity contribution in [2.45, 2.75) is 26.3 Å². The smallest absolute Gasteiger partial charge is 0.254 e. The quantitative estimate of drug-likeness (QED) is 0.804. The predicted molar refractivity (Wildman–Crippen MR) is 66.4 cm³/mol. The summed E-state index contributed by atoms with van der Waals surface area (Å²) in [6, 6.07) is 2.93. The van der Waals surface area contributed by atoms with Crippen LogP contribution in [0.3, 0.4) is 0 Å². The van der Waals surface area contributed by atoms with E-state index in [2.05, 4.69) is 10.6 Å². The van der Waals surface area contributed by atoms with Crippen molar-refractivity contribution in [3.05, 3.63) is 28.3 Å². The summed E-state index contributed by atoms with van der Waals surface area (Å²) < 4.78 is 0. The van der Waals surface area contributed by atoms with Crippen LogP contribution in [0.1, 0.15) is 29.3 Å². The van der Waals surface area contributed by atoms with Gasteiger partial charge >= 0.3 is 0 Å². The van der Waals surface area contributed by atoms with Crippen LogP contribution in [-0.4, -0.2) is 17.9 Å². The highest BCUT2D eigenvalue weighted by atomic mass is 35.5. The van der Waals surface area contributed by atoms with Gasteiger partial charge in [0.25, 0.3) is 5.91 Å². The van der Waals surface area contributed by atoms with Crippen LogP contribution >= 0.6 is 11.6 Å². The van der Waals surface area contributed by atoms with Crippen molar-refractivity contribution in [3.63, 3.8) is 0 Å². The monoisotopic (exact) mass is 252 g/mol. The second-order valence-electron chi connectivity index (χ2n) is 4.04. The number of nitrogens with one attached hydrogen (secondary N) is 2. The molecule has 17 heavy (non-hydrogen) atoms. The van der Waals surface area contributed by atoms with Gasteiger partial charge in [-0.15, -0.1) is 0 Å². The van der Waals surface area contributed by atoms with Crippen molar-refractivity contribution in [1.82, 2.24) is 5.32 Å². The number of hydrogen-bond acceptors (Lipinski definition) is 2. The molecule has 0 saturated carbocycles. The molecule has 5 heteroatoms. The molecule has 0 radical (unpaired) electrons. The fourth-order valence-corrected chi connectivity index (χ4v) is 2.00. The van der Waals surface area contributed by atoms with Gasteiger partial charge in [0.15, 0.2) is 0 Å². The number of hydrogen-bond donors (Lipinski definition) is 2. The Morgan fingerprint density at radius 3 is 2.71 bits per heavy atom. The molecule has 1 aromatic carbocycles. The fraction of sp³-hybridized carbons (Fsp3) is 0.333. The van der Waals surface area contributed by atoms with Crippen molar-refractivity contribution >= 4 is 29.1 Å². The first-order valence-electron chi connectivity index (χ1n) is 5.45. The van der Waals surface area contributed by atoms with Gasteiger partial charge in [0.1, 0.15) is 6.04 Å². The molecule has 1 aliphatic rings. The van der Waals surface area contributed by atoms with E-state index < -0.39 is 6.04 Å². The molecule has 0 spiro atoms.